The van der Waals surface area contributed by atoms with Crippen LogP contribution in [0.2, 0.25) is 0 Å². The van der Waals surface area contributed by atoms with Crippen molar-refractivity contribution < 1.29 is 0 Å². The van der Waals surface area contributed by atoms with Crippen molar-refractivity contribution in [2.45, 2.75) is 0 Å². The Morgan fingerprint density at radius 2 is 2.40 bits per heavy atom. The van der Waals surface area contributed by atoms with Crippen LogP contribution in [0.4, 0.5) is 0 Å². The zero-order chi connectivity index (χ0) is 4.12. The minimum Gasteiger partial charge on any atom is -0.405 e. The molecular formula is C3H7NS. The van der Waals surface area contributed by atoms with Gasteiger partial charge < -0.3 is 5.73 Å². The van der Waals surface area contributed by atoms with Crippen molar-refractivity contribution in [2.24, 2.45) is 5.73 Å². The molecule has 0 spiro atoms. The lowest BCUT2D eigenvalue weighted by molar-refractivity contribution is 1.56. The number of nitrogens with two attached hydrogens (primary N) is 1. The zero-order valence-electron chi connectivity index (χ0n) is 2.89. The van der Waals surface area contributed by atoms with E-state index in [1.165, 1.54) is 6.20 Å². The molecular weight excluding hydrogens is 82.1 g/mol. The monoisotopic (exact) mass is 89.0 g/mol. The van der Waals surface area contributed by atoms with Crippen molar-refractivity contribution in [3.05, 3.63) is 12.3 Å². The molecule has 0 aliphatic heterocycles. The Balaban J connectivity index is 2.62. The molecule has 1 nitrogen and oxygen atoms in total. The van der Waals surface area contributed by atoms with E-state index in [2.05, 4.69) is 12.6 Å². The van der Waals surface area contributed by atoms with Crippen molar-refractivity contribution in [1.82, 2.24) is 0 Å². The smallest absolute Gasteiger partial charge is 0.00996 e. The van der Waals surface area contributed by atoms with Gasteiger partial charge in [-0.2, -0.15) is 12.6 Å². The van der Waals surface area contributed by atoms with Gasteiger partial charge in [-0.25, -0.2) is 0 Å². The van der Waals surface area contributed by atoms with Crippen molar-refractivity contribution in [1.29, 1.82) is 0 Å². The highest BCUT2D eigenvalue weighted by Gasteiger charge is 1.52. The van der Waals surface area contributed by atoms with E-state index in [0.29, 0.717) is 0 Å². The summed E-state index contributed by atoms with van der Waals surface area (Å²) in [5, 5.41) is 0. The molecule has 2 N–H and O–H groups in total. The minimum absolute atomic E-state index is 0.733. The molecule has 0 unspecified atom stereocenters. The van der Waals surface area contributed by atoms with E-state index in [-0.39, 0.29) is 0 Å². The van der Waals surface area contributed by atoms with Gasteiger partial charge in [0.25, 0.3) is 0 Å². The molecule has 0 aromatic carbocycles. The maximum atomic E-state index is 4.91. The quantitative estimate of drug-likeness (QED) is 0.446. The van der Waals surface area contributed by atoms with E-state index in [1.807, 2.05) is 0 Å². The molecule has 2 heteroatoms. The van der Waals surface area contributed by atoms with E-state index in [4.69, 9.17) is 5.73 Å². The zero-order valence-corrected chi connectivity index (χ0v) is 3.78. The average Bonchev–Trinajstić information content (AvgIpc) is 1.41. The molecule has 0 aliphatic carbocycles. The van der Waals surface area contributed by atoms with Crippen molar-refractivity contribution in [3.63, 3.8) is 0 Å². The van der Waals surface area contributed by atoms with Gasteiger partial charge in [0.1, 0.15) is 0 Å². The lowest BCUT2D eigenvalue weighted by Crippen LogP contribution is -1.74. The van der Waals surface area contributed by atoms with Crippen molar-refractivity contribution >= 4 is 12.6 Å². The number of rotatable bonds is 1. The van der Waals surface area contributed by atoms with Gasteiger partial charge in [-0.1, -0.05) is 6.08 Å². The van der Waals surface area contributed by atoms with Gasteiger partial charge >= 0.3 is 0 Å². The average molecular weight is 89.2 g/mol. The lowest BCUT2D eigenvalue weighted by atomic mass is 10.7. The summed E-state index contributed by atoms with van der Waals surface area (Å²) in [6.45, 7) is 0. The summed E-state index contributed by atoms with van der Waals surface area (Å²) in [5.41, 5.74) is 4.91. The first-order valence-electron chi connectivity index (χ1n) is 1.39. The van der Waals surface area contributed by atoms with E-state index in [1.54, 1.807) is 6.08 Å². The summed E-state index contributed by atoms with van der Waals surface area (Å²) in [7, 11) is 0. The summed E-state index contributed by atoms with van der Waals surface area (Å²) >= 11 is 3.83. The Morgan fingerprint density at radius 1 is 1.80 bits per heavy atom. The molecule has 0 saturated carbocycles. The largest absolute Gasteiger partial charge is 0.405 e. The Hall–Kier alpha value is -0.110. The van der Waals surface area contributed by atoms with Crippen LogP contribution in [-0.2, 0) is 0 Å². The Kier molecular flexibility index (Phi) is 3.80. The van der Waals surface area contributed by atoms with Gasteiger partial charge in [-0.3, -0.25) is 0 Å². The molecule has 30 valence electrons. The topological polar surface area (TPSA) is 26.0 Å². The van der Waals surface area contributed by atoms with E-state index < -0.39 is 0 Å². The summed E-state index contributed by atoms with van der Waals surface area (Å²) in [6, 6.07) is 0. The van der Waals surface area contributed by atoms with Gasteiger partial charge in [0, 0.05) is 5.75 Å². The fourth-order valence-corrected chi connectivity index (χ4v) is 0.183. The van der Waals surface area contributed by atoms with Crippen molar-refractivity contribution in [3.8, 4) is 0 Å². The number of thiol groups is 1. The normalized spacial score (nSPS) is 9.80. The Bertz CT molecular complexity index is 33.9. The molecule has 0 atom stereocenters. The van der Waals surface area contributed by atoms with Crippen LogP contribution >= 0.6 is 12.6 Å². The first-order chi connectivity index (χ1) is 2.41. The number of hydrogen-bond acceptors (Lipinski definition) is 2. The molecule has 0 bridgehead atoms. The molecule has 0 aromatic rings. The molecule has 0 radical (unpaired) electrons. The third kappa shape index (κ3) is 3.89. The maximum Gasteiger partial charge on any atom is 0.00996 e. The third-order valence-electron chi connectivity index (χ3n) is 0.241. The fraction of sp³-hybridized carbons (Fsp3) is 0.333. The second kappa shape index (κ2) is 3.89. The van der Waals surface area contributed by atoms with Crippen LogP contribution in [0.1, 0.15) is 0 Å². The lowest BCUT2D eigenvalue weighted by Gasteiger charge is -1.66. The van der Waals surface area contributed by atoms with Crippen LogP contribution in [0, 0.1) is 0 Å². The first kappa shape index (κ1) is 4.89. The number of hydrogen-bond donors (Lipinski definition) is 2. The molecule has 0 saturated heterocycles. The summed E-state index contributed by atoms with van der Waals surface area (Å²) < 4.78 is 0. The summed E-state index contributed by atoms with van der Waals surface area (Å²) in [5.74, 6) is 0.733. The van der Waals surface area contributed by atoms with Crippen LogP contribution in [-0.4, -0.2) is 5.75 Å². The van der Waals surface area contributed by atoms with Gasteiger partial charge in [0.15, 0.2) is 0 Å². The SMILES string of the molecule is N/C=C/CS. The predicted molar refractivity (Wildman–Crippen MR) is 27.2 cm³/mol. The molecule has 0 aromatic heterocycles. The Morgan fingerprint density at radius 3 is 2.40 bits per heavy atom. The van der Waals surface area contributed by atoms with Crippen LogP contribution in [0.5, 0.6) is 0 Å². The summed E-state index contributed by atoms with van der Waals surface area (Å²) in [6.07, 6.45) is 3.25. The van der Waals surface area contributed by atoms with Crippen LogP contribution in [0.25, 0.3) is 0 Å². The van der Waals surface area contributed by atoms with E-state index >= 15 is 0 Å². The highest BCUT2D eigenvalue weighted by molar-refractivity contribution is 7.80. The maximum absolute atomic E-state index is 4.91. The van der Waals surface area contributed by atoms with Gasteiger partial charge in [-0.05, 0) is 6.20 Å². The standard InChI is InChI=1S/C3H7NS/c4-2-1-3-5/h1-2,5H,3-4H2/b2-1+. The second-order valence-corrected chi connectivity index (χ2v) is 0.976. The van der Waals surface area contributed by atoms with E-state index in [9.17, 15) is 0 Å². The molecule has 0 heterocycles. The van der Waals surface area contributed by atoms with Crippen LogP contribution in [0.3, 0.4) is 0 Å². The first-order valence-corrected chi connectivity index (χ1v) is 2.02. The molecule has 0 aliphatic rings. The van der Waals surface area contributed by atoms with Gasteiger partial charge in [0.2, 0.25) is 0 Å². The van der Waals surface area contributed by atoms with E-state index in [0.717, 1.165) is 5.75 Å². The highest BCUT2D eigenvalue weighted by Crippen LogP contribution is 1.68. The van der Waals surface area contributed by atoms with Crippen LogP contribution in [0.15, 0.2) is 12.3 Å². The van der Waals surface area contributed by atoms with Gasteiger partial charge in [0.05, 0.1) is 0 Å². The molecule has 0 amide bonds. The molecule has 5 heavy (non-hydrogen) atoms. The third-order valence-corrected chi connectivity index (χ3v) is 0.452. The van der Waals surface area contributed by atoms with Gasteiger partial charge in [-0.15, -0.1) is 0 Å². The Labute approximate surface area is 37.3 Å². The second-order valence-electron chi connectivity index (χ2n) is 0.611. The fourth-order valence-electron chi connectivity index (χ4n) is 0.0609. The van der Waals surface area contributed by atoms with Crippen molar-refractivity contribution in [2.75, 3.05) is 5.75 Å². The molecule has 0 fully saturated rings. The van der Waals surface area contributed by atoms with Crippen LogP contribution < -0.4 is 5.73 Å². The minimum atomic E-state index is 0.733. The molecule has 0 rings (SSSR count). The highest BCUT2D eigenvalue weighted by atomic mass is 32.1. The summed E-state index contributed by atoms with van der Waals surface area (Å²) in [4.78, 5) is 0. The predicted octanol–water partition coefficient (Wildman–Crippen LogP) is 0.389.